The zero-order chi connectivity index (χ0) is 23.1. The predicted molar refractivity (Wildman–Crippen MR) is 140 cm³/mol. The van der Waals surface area contributed by atoms with Gasteiger partial charge in [0.2, 0.25) is 0 Å². The zero-order valence-electron chi connectivity index (χ0n) is 18.6. The van der Waals surface area contributed by atoms with Gasteiger partial charge in [0.15, 0.2) is 0 Å². The first-order chi connectivity index (χ1) is 15.9. The molecule has 0 saturated carbocycles. The van der Waals surface area contributed by atoms with E-state index in [1.54, 1.807) is 22.7 Å². The molecule has 7 nitrogen and oxygen atoms in total. The van der Waals surface area contributed by atoms with E-state index in [-0.39, 0.29) is 24.0 Å². The van der Waals surface area contributed by atoms with Crippen LogP contribution in [0.5, 0.6) is 0 Å². The number of nitro groups is 1. The van der Waals surface area contributed by atoms with Gasteiger partial charge in [0.05, 0.1) is 15.1 Å². The Morgan fingerprint density at radius 1 is 1.15 bits per heavy atom. The van der Waals surface area contributed by atoms with Crippen LogP contribution in [0.25, 0.3) is 20.8 Å². The highest BCUT2D eigenvalue weighted by Gasteiger charge is 2.28. The van der Waals surface area contributed by atoms with Crippen molar-refractivity contribution in [2.75, 3.05) is 11.9 Å². The van der Waals surface area contributed by atoms with Crippen LogP contribution < -0.4 is 5.32 Å². The number of non-ortho nitro benzene ring substituents is 1. The van der Waals surface area contributed by atoms with Crippen LogP contribution >= 0.6 is 35.1 Å². The fraction of sp³-hybridized carbons (Fsp3) is 0.250. The molecule has 34 heavy (non-hydrogen) atoms. The van der Waals surface area contributed by atoms with Gasteiger partial charge in [-0.15, -0.1) is 35.1 Å². The average Bonchev–Trinajstić information content (AvgIpc) is 3.38. The van der Waals surface area contributed by atoms with Gasteiger partial charge in [-0.25, -0.2) is 4.98 Å². The number of carbonyl (C=O) groups excluding carboxylic acids is 1. The highest BCUT2D eigenvalue weighted by atomic mass is 35.5. The van der Waals surface area contributed by atoms with Gasteiger partial charge < -0.3 is 5.32 Å². The second-order valence-electron chi connectivity index (χ2n) is 8.27. The number of hydrogen-bond acceptors (Lipinski definition) is 7. The highest BCUT2D eigenvalue weighted by Crippen LogP contribution is 2.46. The number of thiazole rings is 1. The third-order valence-electron chi connectivity index (χ3n) is 5.89. The van der Waals surface area contributed by atoms with Crippen molar-refractivity contribution in [2.24, 2.45) is 0 Å². The van der Waals surface area contributed by atoms with Crippen molar-refractivity contribution in [3.8, 4) is 10.6 Å². The number of amides is 1. The lowest BCUT2D eigenvalue weighted by Gasteiger charge is -2.30. The Hall–Kier alpha value is -2.85. The van der Waals surface area contributed by atoms with Crippen molar-refractivity contribution in [1.29, 1.82) is 0 Å². The van der Waals surface area contributed by atoms with Crippen molar-refractivity contribution >= 4 is 61.9 Å². The molecule has 176 valence electrons. The van der Waals surface area contributed by atoms with Gasteiger partial charge in [-0.05, 0) is 50.1 Å². The zero-order valence-corrected chi connectivity index (χ0v) is 21.1. The number of benzene rings is 2. The number of aromatic nitrogens is 1. The van der Waals surface area contributed by atoms with Crippen LogP contribution in [0.4, 0.5) is 10.7 Å². The number of nitrogens with zero attached hydrogens (tertiary/aromatic N) is 3. The first kappa shape index (κ1) is 24.3. The Morgan fingerprint density at radius 3 is 2.56 bits per heavy atom. The summed E-state index contributed by atoms with van der Waals surface area (Å²) in [6.45, 7) is 6.21. The fourth-order valence-corrected chi connectivity index (χ4v) is 6.45. The molecule has 0 radical (unpaired) electrons. The number of thiophene rings is 1. The second kappa shape index (κ2) is 9.79. The van der Waals surface area contributed by atoms with E-state index in [9.17, 15) is 14.9 Å². The van der Waals surface area contributed by atoms with Gasteiger partial charge in [0.1, 0.15) is 10.0 Å². The smallest absolute Gasteiger partial charge is 0.269 e. The molecular weight excluding hydrogens is 492 g/mol. The number of fused-ring (bicyclic) bond motifs is 2. The number of carbonyl (C=O) groups is 1. The van der Waals surface area contributed by atoms with E-state index in [0.717, 1.165) is 45.3 Å². The van der Waals surface area contributed by atoms with E-state index in [4.69, 9.17) is 4.98 Å². The molecule has 0 spiro atoms. The van der Waals surface area contributed by atoms with Crippen LogP contribution in [0.3, 0.4) is 0 Å². The summed E-state index contributed by atoms with van der Waals surface area (Å²) in [6.07, 6.45) is 0.905. The number of anilines is 1. The SMILES string of the molecule is CC(C)N1CCc2c(sc(NC(=O)c3ccc([N+](=O)[O-])cc3)c2-c2nc3ccccc3s2)C1.Cl. The van der Waals surface area contributed by atoms with Gasteiger partial charge in [0.25, 0.3) is 11.6 Å². The van der Waals surface area contributed by atoms with Crippen LogP contribution in [-0.2, 0) is 13.0 Å². The number of hydrogen-bond donors (Lipinski definition) is 1. The molecular formula is C24H23ClN4O3S2. The van der Waals surface area contributed by atoms with Gasteiger partial charge in [-0.1, -0.05) is 12.1 Å². The third kappa shape index (κ3) is 4.56. The molecule has 1 amide bonds. The molecule has 1 N–H and O–H groups in total. The van der Waals surface area contributed by atoms with E-state index in [1.807, 2.05) is 18.2 Å². The van der Waals surface area contributed by atoms with Crippen LogP contribution in [0, 0.1) is 10.1 Å². The quantitative estimate of drug-likeness (QED) is 0.247. The van der Waals surface area contributed by atoms with E-state index in [1.165, 1.54) is 34.7 Å². The monoisotopic (exact) mass is 514 g/mol. The standard InChI is InChI=1S/C24H22N4O3S2.ClH/c1-14(2)27-12-11-17-20(13-27)33-24(21(17)23-25-18-5-3-4-6-19(18)32-23)26-22(29)15-7-9-16(10-8-15)28(30)31;/h3-10,14H,11-13H2,1-2H3,(H,26,29);1H. The van der Waals surface area contributed by atoms with Crippen LogP contribution in [-0.4, -0.2) is 33.3 Å². The lowest BCUT2D eigenvalue weighted by atomic mass is 10.0. The van der Waals surface area contributed by atoms with Crippen molar-refractivity contribution in [2.45, 2.75) is 32.9 Å². The summed E-state index contributed by atoms with van der Waals surface area (Å²) in [7, 11) is 0. The molecule has 0 fully saturated rings. The Morgan fingerprint density at radius 2 is 1.88 bits per heavy atom. The predicted octanol–water partition coefficient (Wildman–Crippen LogP) is 6.37. The maximum absolute atomic E-state index is 13.0. The first-order valence-corrected chi connectivity index (χ1v) is 12.3. The van der Waals surface area contributed by atoms with Gasteiger partial charge in [-0.2, -0.15) is 0 Å². The number of nitro benzene ring substituents is 1. The molecule has 0 aliphatic carbocycles. The number of rotatable bonds is 5. The van der Waals surface area contributed by atoms with E-state index in [0.29, 0.717) is 11.6 Å². The number of para-hydroxylation sites is 1. The minimum absolute atomic E-state index is 0. The fourth-order valence-electron chi connectivity index (χ4n) is 4.07. The first-order valence-electron chi connectivity index (χ1n) is 10.7. The minimum Gasteiger partial charge on any atom is -0.313 e. The summed E-state index contributed by atoms with van der Waals surface area (Å²) in [5, 5.41) is 15.7. The Balaban J connectivity index is 0.00000274. The molecule has 4 aromatic rings. The average molecular weight is 515 g/mol. The summed E-state index contributed by atoms with van der Waals surface area (Å²) in [5.74, 6) is -0.286. The molecule has 0 saturated heterocycles. The Kier molecular flexibility index (Phi) is 6.99. The molecule has 5 rings (SSSR count). The van der Waals surface area contributed by atoms with Crippen LogP contribution in [0.2, 0.25) is 0 Å². The Labute approximate surface area is 211 Å². The maximum atomic E-state index is 13.0. The van der Waals surface area contributed by atoms with Crippen LogP contribution in [0.1, 0.15) is 34.6 Å². The minimum atomic E-state index is -0.472. The topological polar surface area (TPSA) is 88.4 Å². The van der Waals surface area contributed by atoms with Crippen molar-refractivity contribution in [3.05, 3.63) is 74.6 Å². The van der Waals surface area contributed by atoms with E-state index >= 15 is 0 Å². The Bertz CT molecular complexity index is 1330. The molecule has 1 aliphatic rings. The molecule has 2 aromatic heterocycles. The summed E-state index contributed by atoms with van der Waals surface area (Å²) in [5.41, 5.74) is 3.56. The van der Waals surface area contributed by atoms with Crippen LogP contribution in [0.15, 0.2) is 48.5 Å². The third-order valence-corrected chi connectivity index (χ3v) is 8.08. The molecule has 0 bridgehead atoms. The van der Waals surface area contributed by atoms with E-state index in [2.05, 4.69) is 30.1 Å². The largest absolute Gasteiger partial charge is 0.313 e. The van der Waals surface area contributed by atoms with Gasteiger partial charge in [-0.3, -0.25) is 19.8 Å². The second-order valence-corrected chi connectivity index (χ2v) is 10.4. The summed E-state index contributed by atoms with van der Waals surface area (Å²) in [4.78, 5) is 32.1. The van der Waals surface area contributed by atoms with Gasteiger partial charge >= 0.3 is 0 Å². The summed E-state index contributed by atoms with van der Waals surface area (Å²) in [6, 6.07) is 14.2. The maximum Gasteiger partial charge on any atom is 0.269 e. The van der Waals surface area contributed by atoms with Crippen molar-refractivity contribution in [1.82, 2.24) is 9.88 Å². The molecule has 3 heterocycles. The van der Waals surface area contributed by atoms with Crippen molar-refractivity contribution in [3.63, 3.8) is 0 Å². The van der Waals surface area contributed by atoms with Crippen molar-refractivity contribution < 1.29 is 9.72 Å². The highest BCUT2D eigenvalue weighted by molar-refractivity contribution is 7.23. The molecule has 0 atom stereocenters. The van der Waals surface area contributed by atoms with Gasteiger partial charge in [0, 0.05) is 47.3 Å². The summed E-state index contributed by atoms with van der Waals surface area (Å²) >= 11 is 3.24. The summed E-state index contributed by atoms with van der Waals surface area (Å²) < 4.78 is 1.11. The molecule has 0 unspecified atom stereocenters. The molecule has 10 heteroatoms. The molecule has 2 aromatic carbocycles. The number of halogens is 1. The normalized spacial score (nSPS) is 13.5. The lowest BCUT2D eigenvalue weighted by molar-refractivity contribution is -0.384. The number of nitrogens with one attached hydrogen (secondary N) is 1. The van der Waals surface area contributed by atoms with E-state index < -0.39 is 4.92 Å². The lowest BCUT2D eigenvalue weighted by Crippen LogP contribution is -2.35. The molecule has 1 aliphatic heterocycles.